The first-order valence-electron chi connectivity index (χ1n) is 3.60. The summed E-state index contributed by atoms with van der Waals surface area (Å²) < 4.78 is 5.04. The molecule has 1 saturated heterocycles. The molecule has 1 aliphatic heterocycles. The van der Waals surface area contributed by atoms with Gasteiger partial charge in [-0.15, -0.1) is 0 Å². The molecule has 0 aromatic heterocycles. The van der Waals surface area contributed by atoms with Gasteiger partial charge in [0.1, 0.15) is 0 Å². The lowest BCUT2D eigenvalue weighted by molar-refractivity contribution is 0.0868. The lowest BCUT2D eigenvalue weighted by atomic mass is 9.91. The maximum atomic E-state index is 5.04. The van der Waals surface area contributed by atoms with Gasteiger partial charge in [-0.2, -0.15) is 0 Å². The summed E-state index contributed by atoms with van der Waals surface area (Å²) in [4.78, 5) is 0. The molecule has 0 aliphatic carbocycles. The zero-order valence-electron chi connectivity index (χ0n) is 6.18. The minimum atomic E-state index is 0.727. The van der Waals surface area contributed by atoms with E-state index in [1.807, 2.05) is 0 Å². The normalized spacial score (nSPS) is 34.0. The van der Waals surface area contributed by atoms with Crippen molar-refractivity contribution in [3.63, 3.8) is 0 Å². The molecule has 9 heavy (non-hydrogen) atoms. The molecular formula is C7H15NO. The molecule has 0 spiro atoms. The van der Waals surface area contributed by atoms with Gasteiger partial charge in [0.2, 0.25) is 0 Å². The molecule has 0 radical (unpaired) electrons. The van der Waals surface area contributed by atoms with Crippen molar-refractivity contribution in [1.29, 1.82) is 0 Å². The molecule has 1 N–H and O–H groups in total. The average Bonchev–Trinajstić information content (AvgIpc) is 1.82. The van der Waals surface area contributed by atoms with Crippen LogP contribution < -0.4 is 5.32 Å². The highest BCUT2D eigenvalue weighted by Crippen LogP contribution is 2.15. The van der Waals surface area contributed by atoms with Crippen LogP contribution in [0.2, 0.25) is 0 Å². The van der Waals surface area contributed by atoms with E-state index in [4.69, 9.17) is 4.74 Å². The Morgan fingerprint density at radius 2 is 2.44 bits per heavy atom. The smallest absolute Gasteiger partial charge is 0.0517 e. The van der Waals surface area contributed by atoms with Crippen molar-refractivity contribution in [3.8, 4) is 0 Å². The van der Waals surface area contributed by atoms with Crippen LogP contribution in [0.3, 0.4) is 0 Å². The van der Waals surface area contributed by atoms with Gasteiger partial charge in [-0.1, -0.05) is 6.92 Å². The van der Waals surface area contributed by atoms with Crippen LogP contribution in [0.5, 0.6) is 0 Å². The lowest BCUT2D eigenvalue weighted by Gasteiger charge is -2.36. The number of hydrogen-bond donors (Lipinski definition) is 1. The van der Waals surface area contributed by atoms with Crippen molar-refractivity contribution < 1.29 is 4.74 Å². The Kier molecular flexibility index (Phi) is 2.49. The molecule has 1 fully saturated rings. The minimum Gasteiger partial charge on any atom is -0.384 e. The van der Waals surface area contributed by atoms with E-state index in [2.05, 4.69) is 12.2 Å². The third kappa shape index (κ3) is 1.43. The Balaban J connectivity index is 2.11. The summed E-state index contributed by atoms with van der Waals surface area (Å²) in [6.45, 7) is 4.28. The molecule has 2 unspecified atom stereocenters. The van der Waals surface area contributed by atoms with E-state index in [1.54, 1.807) is 7.11 Å². The molecule has 1 heterocycles. The summed E-state index contributed by atoms with van der Waals surface area (Å²) in [6.07, 6.45) is 1.23. The largest absolute Gasteiger partial charge is 0.384 e. The Bertz CT molecular complexity index is 83.0. The van der Waals surface area contributed by atoms with E-state index in [0.29, 0.717) is 0 Å². The van der Waals surface area contributed by atoms with Crippen LogP contribution in [0.25, 0.3) is 0 Å². The van der Waals surface area contributed by atoms with E-state index in [9.17, 15) is 0 Å². The summed E-state index contributed by atoms with van der Waals surface area (Å²) in [6, 6.07) is 0.727. The molecule has 1 aliphatic rings. The molecule has 2 atom stereocenters. The van der Waals surface area contributed by atoms with E-state index in [1.165, 1.54) is 6.42 Å². The number of hydrogen-bond acceptors (Lipinski definition) is 2. The quantitative estimate of drug-likeness (QED) is 0.603. The summed E-state index contributed by atoms with van der Waals surface area (Å²) in [5, 5.41) is 3.35. The molecule has 0 saturated carbocycles. The fourth-order valence-electron chi connectivity index (χ4n) is 1.32. The van der Waals surface area contributed by atoms with Crippen molar-refractivity contribution in [2.75, 3.05) is 20.3 Å². The van der Waals surface area contributed by atoms with Crippen LogP contribution in [0.1, 0.15) is 13.3 Å². The second-order valence-electron chi connectivity index (χ2n) is 2.64. The fourth-order valence-corrected chi connectivity index (χ4v) is 1.32. The van der Waals surface area contributed by atoms with E-state index in [0.717, 1.165) is 25.1 Å². The fraction of sp³-hybridized carbons (Fsp3) is 1.00. The van der Waals surface area contributed by atoms with Gasteiger partial charge in [-0.25, -0.2) is 0 Å². The van der Waals surface area contributed by atoms with Crippen LogP contribution in [-0.2, 0) is 4.74 Å². The Morgan fingerprint density at radius 1 is 1.67 bits per heavy atom. The minimum absolute atomic E-state index is 0.727. The zero-order chi connectivity index (χ0) is 6.69. The first-order valence-corrected chi connectivity index (χ1v) is 3.60. The topological polar surface area (TPSA) is 21.3 Å². The van der Waals surface area contributed by atoms with Crippen molar-refractivity contribution >= 4 is 0 Å². The lowest BCUT2D eigenvalue weighted by Crippen LogP contribution is -2.54. The predicted octanol–water partition coefficient (Wildman–Crippen LogP) is 0.631. The molecule has 1 rings (SSSR count). The third-order valence-corrected chi connectivity index (χ3v) is 2.03. The molecular weight excluding hydrogens is 114 g/mol. The first kappa shape index (κ1) is 7.03. The van der Waals surface area contributed by atoms with Gasteiger partial charge in [0.25, 0.3) is 0 Å². The molecule has 0 bridgehead atoms. The van der Waals surface area contributed by atoms with Crippen molar-refractivity contribution in [1.82, 2.24) is 5.32 Å². The maximum Gasteiger partial charge on any atom is 0.0517 e. The van der Waals surface area contributed by atoms with Crippen molar-refractivity contribution in [3.05, 3.63) is 0 Å². The number of rotatable bonds is 3. The average molecular weight is 129 g/mol. The van der Waals surface area contributed by atoms with Gasteiger partial charge in [-0.05, 0) is 6.42 Å². The van der Waals surface area contributed by atoms with Crippen LogP contribution in [0.4, 0.5) is 0 Å². The van der Waals surface area contributed by atoms with Crippen LogP contribution in [0, 0.1) is 5.92 Å². The molecule has 0 aromatic rings. The highest BCUT2D eigenvalue weighted by molar-refractivity contribution is 4.86. The third-order valence-electron chi connectivity index (χ3n) is 2.03. The molecule has 0 amide bonds. The second-order valence-corrected chi connectivity index (χ2v) is 2.64. The molecule has 2 heteroatoms. The standard InChI is InChI=1S/C7H15NO/c1-3-7-6(4-8-7)5-9-2/h6-8H,3-5H2,1-2H3. The monoisotopic (exact) mass is 129 g/mol. The molecule has 54 valence electrons. The predicted molar refractivity (Wildman–Crippen MR) is 37.4 cm³/mol. The van der Waals surface area contributed by atoms with Crippen molar-refractivity contribution in [2.45, 2.75) is 19.4 Å². The van der Waals surface area contributed by atoms with E-state index < -0.39 is 0 Å². The van der Waals surface area contributed by atoms with Gasteiger partial charge >= 0.3 is 0 Å². The number of nitrogens with one attached hydrogen (secondary N) is 1. The van der Waals surface area contributed by atoms with Crippen LogP contribution in [-0.4, -0.2) is 26.3 Å². The highest BCUT2D eigenvalue weighted by Gasteiger charge is 2.27. The van der Waals surface area contributed by atoms with E-state index >= 15 is 0 Å². The maximum absolute atomic E-state index is 5.04. The highest BCUT2D eigenvalue weighted by atomic mass is 16.5. The Hall–Kier alpha value is -0.0800. The zero-order valence-corrected chi connectivity index (χ0v) is 6.18. The van der Waals surface area contributed by atoms with Gasteiger partial charge in [0, 0.05) is 25.6 Å². The Morgan fingerprint density at radius 3 is 2.78 bits per heavy atom. The van der Waals surface area contributed by atoms with Crippen molar-refractivity contribution in [2.24, 2.45) is 5.92 Å². The summed E-state index contributed by atoms with van der Waals surface area (Å²) in [5.74, 6) is 0.778. The SMILES string of the molecule is CCC1NCC1COC. The second kappa shape index (κ2) is 3.18. The van der Waals surface area contributed by atoms with Crippen LogP contribution >= 0.6 is 0 Å². The number of methoxy groups -OCH3 is 1. The summed E-state index contributed by atoms with van der Waals surface area (Å²) >= 11 is 0. The van der Waals surface area contributed by atoms with Crippen LogP contribution in [0.15, 0.2) is 0 Å². The van der Waals surface area contributed by atoms with Gasteiger partial charge in [0.05, 0.1) is 6.61 Å². The Labute approximate surface area is 56.6 Å². The van der Waals surface area contributed by atoms with E-state index in [-0.39, 0.29) is 0 Å². The summed E-state index contributed by atoms with van der Waals surface area (Å²) in [7, 11) is 1.77. The molecule has 0 aromatic carbocycles. The van der Waals surface area contributed by atoms with Gasteiger partial charge < -0.3 is 10.1 Å². The summed E-state index contributed by atoms with van der Waals surface area (Å²) in [5.41, 5.74) is 0. The number of ether oxygens (including phenoxy) is 1. The first-order chi connectivity index (χ1) is 4.38. The van der Waals surface area contributed by atoms with Gasteiger partial charge in [0.15, 0.2) is 0 Å². The van der Waals surface area contributed by atoms with Gasteiger partial charge in [-0.3, -0.25) is 0 Å². The molecule has 2 nitrogen and oxygen atoms in total.